The Kier molecular flexibility index (Phi) is 4.14. The van der Waals surface area contributed by atoms with Crippen molar-refractivity contribution in [3.05, 3.63) is 40.0 Å². The van der Waals surface area contributed by atoms with E-state index in [1.807, 2.05) is 42.8 Å². The van der Waals surface area contributed by atoms with Crippen molar-refractivity contribution in [3.63, 3.8) is 0 Å². The number of anilines is 1. The first kappa shape index (κ1) is 13.9. The lowest BCUT2D eigenvalue weighted by Gasteiger charge is -2.15. The number of rotatable bonds is 4. The maximum Gasteiger partial charge on any atom is 0.137 e. The van der Waals surface area contributed by atoms with Crippen molar-refractivity contribution in [3.8, 4) is 5.75 Å². The molecule has 1 atom stereocenters. The molecular formula is C14H18BrN3O. The number of halogens is 1. The molecule has 5 heteroatoms. The molecule has 2 N–H and O–H groups in total. The van der Waals surface area contributed by atoms with Gasteiger partial charge in [0.05, 0.1) is 22.8 Å². The molecular weight excluding hydrogens is 306 g/mol. The van der Waals surface area contributed by atoms with Crippen LogP contribution in [0.15, 0.2) is 28.7 Å². The van der Waals surface area contributed by atoms with Crippen LogP contribution in [0.5, 0.6) is 5.75 Å². The van der Waals surface area contributed by atoms with Gasteiger partial charge in [-0.2, -0.15) is 5.10 Å². The highest BCUT2D eigenvalue weighted by Gasteiger charge is 2.16. The average molecular weight is 324 g/mol. The Morgan fingerprint density at radius 2 is 2.00 bits per heavy atom. The minimum atomic E-state index is 0.0840. The van der Waals surface area contributed by atoms with Gasteiger partial charge in [-0.25, -0.2) is 4.68 Å². The van der Waals surface area contributed by atoms with Crippen LogP contribution < -0.4 is 10.5 Å². The van der Waals surface area contributed by atoms with Gasteiger partial charge in [-0.3, -0.25) is 0 Å². The van der Waals surface area contributed by atoms with Gasteiger partial charge in [0.1, 0.15) is 11.6 Å². The normalized spacial score (nSPS) is 12.4. The number of nitrogen functional groups attached to an aromatic ring is 1. The summed E-state index contributed by atoms with van der Waals surface area (Å²) < 4.78 is 8.13. The highest BCUT2D eigenvalue weighted by Crippen LogP contribution is 2.29. The molecule has 0 amide bonds. The van der Waals surface area contributed by atoms with E-state index in [0.29, 0.717) is 12.4 Å². The van der Waals surface area contributed by atoms with Crippen LogP contribution in [-0.4, -0.2) is 16.4 Å². The van der Waals surface area contributed by atoms with E-state index in [0.717, 1.165) is 21.5 Å². The average Bonchev–Trinajstić information content (AvgIpc) is 2.67. The van der Waals surface area contributed by atoms with Gasteiger partial charge in [-0.05, 0) is 54.4 Å². The lowest BCUT2D eigenvalue weighted by molar-refractivity contribution is 0.340. The van der Waals surface area contributed by atoms with Crippen LogP contribution in [-0.2, 0) is 0 Å². The number of nitrogens with two attached hydrogens (primary N) is 1. The van der Waals surface area contributed by atoms with E-state index in [4.69, 9.17) is 10.5 Å². The predicted molar refractivity (Wildman–Crippen MR) is 80.5 cm³/mol. The van der Waals surface area contributed by atoms with Crippen molar-refractivity contribution >= 4 is 21.7 Å². The van der Waals surface area contributed by atoms with E-state index in [1.54, 1.807) is 0 Å². The Morgan fingerprint density at radius 1 is 1.37 bits per heavy atom. The number of aromatic nitrogens is 2. The van der Waals surface area contributed by atoms with E-state index >= 15 is 0 Å². The van der Waals surface area contributed by atoms with Crippen molar-refractivity contribution in [2.75, 3.05) is 12.3 Å². The second-order valence-corrected chi connectivity index (χ2v) is 5.20. The molecule has 0 aliphatic carbocycles. The van der Waals surface area contributed by atoms with E-state index in [9.17, 15) is 0 Å². The predicted octanol–water partition coefficient (Wildman–Crippen LogP) is 3.54. The molecule has 1 heterocycles. The Morgan fingerprint density at radius 3 is 2.47 bits per heavy atom. The molecule has 0 saturated carbocycles. The lowest BCUT2D eigenvalue weighted by Crippen LogP contribution is -2.11. The summed E-state index contributed by atoms with van der Waals surface area (Å²) >= 11 is 3.44. The zero-order valence-electron chi connectivity index (χ0n) is 11.4. The molecule has 0 radical (unpaired) electrons. The topological polar surface area (TPSA) is 53.1 Å². The maximum absolute atomic E-state index is 6.05. The smallest absolute Gasteiger partial charge is 0.137 e. The minimum Gasteiger partial charge on any atom is -0.494 e. The Balaban J connectivity index is 2.28. The fraction of sp³-hybridized carbons (Fsp3) is 0.357. The third-order valence-electron chi connectivity index (χ3n) is 3.09. The molecule has 19 heavy (non-hydrogen) atoms. The van der Waals surface area contributed by atoms with Crippen LogP contribution in [0.4, 0.5) is 5.82 Å². The molecule has 0 bridgehead atoms. The zero-order valence-corrected chi connectivity index (χ0v) is 12.9. The first-order valence-corrected chi connectivity index (χ1v) is 7.06. The monoisotopic (exact) mass is 323 g/mol. The van der Waals surface area contributed by atoms with Gasteiger partial charge in [-0.15, -0.1) is 0 Å². The first-order chi connectivity index (χ1) is 9.04. The number of ether oxygens (including phenoxy) is 1. The third-order valence-corrected chi connectivity index (χ3v) is 4.07. The van der Waals surface area contributed by atoms with Crippen LogP contribution >= 0.6 is 15.9 Å². The molecule has 0 fully saturated rings. The van der Waals surface area contributed by atoms with Gasteiger partial charge in [-0.1, -0.05) is 12.1 Å². The van der Waals surface area contributed by atoms with Crippen molar-refractivity contribution in [2.24, 2.45) is 0 Å². The van der Waals surface area contributed by atoms with E-state index in [-0.39, 0.29) is 6.04 Å². The summed E-state index contributed by atoms with van der Waals surface area (Å²) in [5.41, 5.74) is 8.09. The number of aryl methyl sites for hydroxylation is 1. The van der Waals surface area contributed by atoms with E-state index in [1.165, 1.54) is 0 Å². The Hall–Kier alpha value is -1.49. The Bertz CT molecular complexity index is 563. The number of hydrogen-bond acceptors (Lipinski definition) is 3. The fourth-order valence-corrected chi connectivity index (χ4v) is 2.25. The molecule has 1 unspecified atom stereocenters. The van der Waals surface area contributed by atoms with Crippen LogP contribution in [0.1, 0.15) is 31.1 Å². The number of nitrogens with zero attached hydrogens (tertiary/aromatic N) is 2. The molecule has 0 saturated heterocycles. The molecule has 0 spiro atoms. The van der Waals surface area contributed by atoms with E-state index < -0.39 is 0 Å². The maximum atomic E-state index is 6.05. The highest BCUT2D eigenvalue weighted by atomic mass is 79.9. The van der Waals surface area contributed by atoms with Gasteiger partial charge < -0.3 is 10.5 Å². The van der Waals surface area contributed by atoms with Gasteiger partial charge in [0.25, 0.3) is 0 Å². The zero-order chi connectivity index (χ0) is 14.0. The summed E-state index contributed by atoms with van der Waals surface area (Å²) in [7, 11) is 0. The van der Waals surface area contributed by atoms with Crippen molar-refractivity contribution in [2.45, 2.75) is 26.8 Å². The van der Waals surface area contributed by atoms with Gasteiger partial charge in [0.15, 0.2) is 0 Å². The van der Waals surface area contributed by atoms with Gasteiger partial charge in [0, 0.05) is 0 Å². The molecule has 2 aromatic rings. The first-order valence-electron chi connectivity index (χ1n) is 6.27. The third kappa shape index (κ3) is 2.76. The quantitative estimate of drug-likeness (QED) is 0.936. The summed E-state index contributed by atoms with van der Waals surface area (Å²) in [5, 5.41) is 4.46. The molecule has 0 aliphatic rings. The summed E-state index contributed by atoms with van der Waals surface area (Å²) in [5.74, 6) is 1.53. The highest BCUT2D eigenvalue weighted by molar-refractivity contribution is 9.10. The summed E-state index contributed by atoms with van der Waals surface area (Å²) in [6, 6.07) is 8.11. The molecule has 2 rings (SSSR count). The second-order valence-electron chi connectivity index (χ2n) is 4.41. The molecule has 1 aromatic heterocycles. The SMILES string of the molecule is CCOc1ccc(C(C)n2nc(C)c(Br)c2N)cc1. The number of benzene rings is 1. The fourth-order valence-electron chi connectivity index (χ4n) is 1.99. The van der Waals surface area contributed by atoms with E-state index in [2.05, 4.69) is 28.0 Å². The largest absolute Gasteiger partial charge is 0.494 e. The van der Waals surface area contributed by atoms with Crippen LogP contribution in [0.25, 0.3) is 0 Å². The van der Waals surface area contributed by atoms with Crippen LogP contribution in [0.3, 0.4) is 0 Å². The molecule has 0 aliphatic heterocycles. The van der Waals surface area contributed by atoms with Crippen LogP contribution in [0.2, 0.25) is 0 Å². The van der Waals surface area contributed by atoms with Crippen molar-refractivity contribution in [1.82, 2.24) is 9.78 Å². The second kappa shape index (κ2) is 5.65. The van der Waals surface area contributed by atoms with Crippen LogP contribution in [0, 0.1) is 6.92 Å². The Labute approximate surface area is 121 Å². The molecule has 102 valence electrons. The summed E-state index contributed by atoms with van der Waals surface area (Å²) in [6.45, 7) is 6.65. The standard InChI is InChI=1S/C14H18BrN3O/c1-4-19-12-7-5-11(6-8-12)10(3)18-14(16)13(15)9(2)17-18/h5-8,10H,4,16H2,1-3H3. The van der Waals surface area contributed by atoms with Crippen molar-refractivity contribution < 1.29 is 4.74 Å². The minimum absolute atomic E-state index is 0.0840. The number of hydrogen-bond donors (Lipinski definition) is 1. The summed E-state index contributed by atoms with van der Waals surface area (Å²) in [6.07, 6.45) is 0. The van der Waals surface area contributed by atoms with Crippen molar-refractivity contribution in [1.29, 1.82) is 0 Å². The summed E-state index contributed by atoms with van der Waals surface area (Å²) in [4.78, 5) is 0. The molecule has 1 aromatic carbocycles. The lowest BCUT2D eigenvalue weighted by atomic mass is 10.1. The molecule has 4 nitrogen and oxygen atoms in total. The van der Waals surface area contributed by atoms with Gasteiger partial charge in [0.2, 0.25) is 0 Å². The van der Waals surface area contributed by atoms with Gasteiger partial charge >= 0.3 is 0 Å².